The molecule has 0 spiro atoms. The zero-order valence-corrected chi connectivity index (χ0v) is 11.0. The van der Waals surface area contributed by atoms with E-state index < -0.39 is 13.3 Å². The molecule has 1 saturated heterocycles. The van der Waals surface area contributed by atoms with Crippen LogP contribution < -0.4 is 51.4 Å². The van der Waals surface area contributed by atoms with Crippen LogP contribution >= 0.6 is 0 Å². The van der Waals surface area contributed by atoms with Crippen LogP contribution in [0.15, 0.2) is 0 Å². The first-order valence-electron chi connectivity index (χ1n) is 4.49. The third-order valence-electron chi connectivity index (χ3n) is 2.65. The van der Waals surface area contributed by atoms with E-state index in [1.807, 2.05) is 0 Å². The first-order valence-corrected chi connectivity index (χ1v) is 4.49. The van der Waals surface area contributed by atoms with Gasteiger partial charge in [0, 0.05) is 6.04 Å². The van der Waals surface area contributed by atoms with E-state index in [0.29, 0.717) is 19.1 Å². The Morgan fingerprint density at radius 1 is 1.15 bits per heavy atom. The molecular formula is C7H12BF3KN. The summed E-state index contributed by atoms with van der Waals surface area (Å²) in [4.78, 5) is 2.17. The molecule has 70 valence electrons. The predicted molar refractivity (Wildman–Crippen MR) is 42.0 cm³/mol. The minimum Gasteiger partial charge on any atom is -0.449 e. The fraction of sp³-hybridized carbons (Fsp3) is 1.00. The van der Waals surface area contributed by atoms with Gasteiger partial charge in [0.15, 0.2) is 0 Å². The normalized spacial score (nSPS) is 25.2. The molecule has 2 aliphatic rings. The molecule has 13 heavy (non-hydrogen) atoms. The molecule has 1 nitrogen and oxygen atoms in total. The van der Waals surface area contributed by atoms with E-state index in [1.54, 1.807) is 0 Å². The largest absolute Gasteiger partial charge is 1.00 e. The second-order valence-corrected chi connectivity index (χ2v) is 4.00. The number of halogens is 3. The average molecular weight is 217 g/mol. The Bertz CT molecular complexity index is 177. The van der Waals surface area contributed by atoms with Crippen LogP contribution in [0.5, 0.6) is 0 Å². The SMILES string of the molecule is F[B-](F)(F)CC1CN(C2CC2)C1.[K+]. The Morgan fingerprint density at radius 3 is 2.08 bits per heavy atom. The van der Waals surface area contributed by atoms with Gasteiger partial charge in [-0.3, -0.25) is 4.90 Å². The maximum Gasteiger partial charge on any atom is 1.00 e. The molecule has 0 radical (unpaired) electrons. The first-order chi connectivity index (χ1) is 5.54. The van der Waals surface area contributed by atoms with E-state index in [9.17, 15) is 12.9 Å². The van der Waals surface area contributed by atoms with E-state index in [-0.39, 0.29) is 57.3 Å². The van der Waals surface area contributed by atoms with Crippen LogP contribution in [0.3, 0.4) is 0 Å². The molecule has 0 aromatic heterocycles. The molecule has 1 aliphatic heterocycles. The van der Waals surface area contributed by atoms with Crippen molar-refractivity contribution in [2.75, 3.05) is 13.1 Å². The second-order valence-electron chi connectivity index (χ2n) is 4.00. The summed E-state index contributed by atoms with van der Waals surface area (Å²) in [6.45, 7) is -3.17. The molecule has 0 aromatic carbocycles. The van der Waals surface area contributed by atoms with Crippen molar-refractivity contribution in [1.82, 2.24) is 4.90 Å². The summed E-state index contributed by atoms with van der Waals surface area (Å²) in [6.07, 6.45) is 1.87. The fourth-order valence-corrected chi connectivity index (χ4v) is 1.87. The van der Waals surface area contributed by atoms with Gasteiger partial charge in [-0.25, -0.2) is 0 Å². The Morgan fingerprint density at radius 2 is 1.69 bits per heavy atom. The first kappa shape index (κ1) is 12.5. The molecule has 6 heteroatoms. The van der Waals surface area contributed by atoms with Gasteiger partial charge in [0.2, 0.25) is 0 Å². The molecule has 0 bridgehead atoms. The zero-order chi connectivity index (χ0) is 8.77. The number of nitrogens with zero attached hydrogens (tertiary/aromatic N) is 1. The van der Waals surface area contributed by atoms with Crippen molar-refractivity contribution in [2.45, 2.75) is 25.2 Å². The molecule has 0 amide bonds. The van der Waals surface area contributed by atoms with Crippen molar-refractivity contribution in [1.29, 1.82) is 0 Å². The van der Waals surface area contributed by atoms with E-state index >= 15 is 0 Å². The van der Waals surface area contributed by atoms with Crippen LogP contribution in [0.4, 0.5) is 12.9 Å². The van der Waals surface area contributed by atoms with Crippen LogP contribution in [0.1, 0.15) is 12.8 Å². The molecule has 1 heterocycles. The Labute approximate surface area is 119 Å². The molecule has 2 fully saturated rings. The van der Waals surface area contributed by atoms with Gasteiger partial charge in [0.1, 0.15) is 0 Å². The quantitative estimate of drug-likeness (QED) is 0.544. The molecule has 1 saturated carbocycles. The summed E-state index contributed by atoms with van der Waals surface area (Å²) >= 11 is 0. The van der Waals surface area contributed by atoms with Gasteiger partial charge < -0.3 is 12.9 Å². The van der Waals surface area contributed by atoms with Gasteiger partial charge in [-0.05, 0) is 31.8 Å². The topological polar surface area (TPSA) is 3.24 Å². The Kier molecular flexibility index (Phi) is 4.36. The van der Waals surface area contributed by atoms with Gasteiger partial charge in [-0.2, -0.15) is 0 Å². The molecule has 0 aromatic rings. The van der Waals surface area contributed by atoms with Crippen molar-refractivity contribution < 1.29 is 64.3 Å². The minimum atomic E-state index is -4.54. The third-order valence-corrected chi connectivity index (χ3v) is 2.65. The third kappa shape index (κ3) is 3.83. The van der Waals surface area contributed by atoms with Gasteiger partial charge in [-0.15, -0.1) is 0 Å². The van der Waals surface area contributed by atoms with Gasteiger partial charge in [0.25, 0.3) is 0 Å². The summed E-state index contributed by atoms with van der Waals surface area (Å²) in [5, 5.41) is 0. The summed E-state index contributed by atoms with van der Waals surface area (Å²) in [5.74, 6) is -0.0920. The van der Waals surface area contributed by atoms with Crippen molar-refractivity contribution in [2.24, 2.45) is 5.92 Å². The zero-order valence-electron chi connectivity index (χ0n) is 7.85. The van der Waals surface area contributed by atoms with Crippen molar-refractivity contribution in [3.8, 4) is 0 Å². The second kappa shape index (κ2) is 4.53. The number of hydrogen-bond acceptors (Lipinski definition) is 1. The van der Waals surface area contributed by atoms with E-state index in [2.05, 4.69) is 4.90 Å². The Balaban J connectivity index is 0.000000845. The number of likely N-dealkylation sites (tertiary alicyclic amines) is 1. The van der Waals surface area contributed by atoms with Crippen LogP contribution in [0, 0.1) is 5.92 Å². The van der Waals surface area contributed by atoms with Crippen molar-refractivity contribution in [3.63, 3.8) is 0 Å². The fourth-order valence-electron chi connectivity index (χ4n) is 1.87. The van der Waals surface area contributed by atoms with Crippen molar-refractivity contribution >= 4 is 6.98 Å². The van der Waals surface area contributed by atoms with Crippen LogP contribution in [0.2, 0.25) is 6.32 Å². The average Bonchev–Trinajstić information content (AvgIpc) is 2.56. The van der Waals surface area contributed by atoms with Gasteiger partial charge >= 0.3 is 58.4 Å². The molecule has 0 unspecified atom stereocenters. The maximum atomic E-state index is 11.9. The molecule has 0 atom stereocenters. The van der Waals surface area contributed by atoms with Crippen LogP contribution in [-0.2, 0) is 0 Å². The summed E-state index contributed by atoms with van der Waals surface area (Å²) in [6, 6.07) is 0.641. The maximum absolute atomic E-state index is 11.9. The minimum absolute atomic E-state index is 0. The monoisotopic (exact) mass is 217 g/mol. The van der Waals surface area contributed by atoms with Crippen LogP contribution in [0.25, 0.3) is 0 Å². The molecule has 0 N–H and O–H groups in total. The summed E-state index contributed by atoms with van der Waals surface area (Å²) in [5.41, 5.74) is 0. The molecular weight excluding hydrogens is 205 g/mol. The van der Waals surface area contributed by atoms with E-state index in [4.69, 9.17) is 0 Å². The Hall–Kier alpha value is 1.45. The molecule has 1 aliphatic carbocycles. The van der Waals surface area contributed by atoms with Crippen molar-refractivity contribution in [3.05, 3.63) is 0 Å². The number of rotatable bonds is 3. The molecule has 2 rings (SSSR count). The van der Waals surface area contributed by atoms with Crippen LogP contribution in [-0.4, -0.2) is 31.0 Å². The summed E-state index contributed by atoms with van der Waals surface area (Å²) in [7, 11) is 0. The predicted octanol–water partition coefficient (Wildman–Crippen LogP) is -1.07. The van der Waals surface area contributed by atoms with Gasteiger partial charge in [0.05, 0.1) is 0 Å². The smallest absolute Gasteiger partial charge is 0.449 e. The van der Waals surface area contributed by atoms with E-state index in [0.717, 1.165) is 0 Å². The standard InChI is InChI=1S/C7H12BF3N.K/c9-8(10,11)3-6-4-12(5-6)7-1-2-7;/h6-7H,1-5H2;/q-1;+1. The summed E-state index contributed by atoms with van der Waals surface area (Å²) < 4.78 is 35.7. The number of hydrogen-bond donors (Lipinski definition) is 0. The van der Waals surface area contributed by atoms with E-state index in [1.165, 1.54) is 12.8 Å². The van der Waals surface area contributed by atoms with Gasteiger partial charge in [-0.1, -0.05) is 6.32 Å².